The summed E-state index contributed by atoms with van der Waals surface area (Å²) in [6, 6.07) is 6.06. The van der Waals surface area contributed by atoms with E-state index in [4.69, 9.17) is 0 Å². The van der Waals surface area contributed by atoms with Crippen LogP contribution in [0.3, 0.4) is 0 Å². The van der Waals surface area contributed by atoms with E-state index in [1.165, 1.54) is 11.1 Å². The number of aliphatic hydroxyl groups is 1. The Morgan fingerprint density at radius 3 is 2.67 bits per heavy atom. The van der Waals surface area contributed by atoms with Crippen LogP contribution in [-0.4, -0.2) is 29.0 Å². The van der Waals surface area contributed by atoms with Gasteiger partial charge >= 0.3 is 0 Å². The van der Waals surface area contributed by atoms with E-state index in [-0.39, 0.29) is 5.91 Å². The smallest absolute Gasteiger partial charge is 0.219 e. The van der Waals surface area contributed by atoms with Crippen LogP contribution in [0.2, 0.25) is 0 Å². The molecule has 0 aliphatic carbocycles. The molecule has 1 saturated heterocycles. The van der Waals surface area contributed by atoms with E-state index in [1.54, 1.807) is 11.8 Å². The Kier molecular flexibility index (Phi) is 3.44. The highest BCUT2D eigenvalue weighted by Crippen LogP contribution is 2.32. The van der Waals surface area contributed by atoms with Gasteiger partial charge < -0.3 is 10.0 Å². The molecule has 3 heteroatoms. The average molecular weight is 247 g/mol. The van der Waals surface area contributed by atoms with Crippen LogP contribution >= 0.6 is 0 Å². The number of hydrogen-bond donors (Lipinski definition) is 1. The van der Waals surface area contributed by atoms with Crippen LogP contribution in [0.1, 0.15) is 36.5 Å². The maximum Gasteiger partial charge on any atom is 0.219 e. The maximum absolute atomic E-state index is 11.5. The minimum atomic E-state index is -0.887. The van der Waals surface area contributed by atoms with Gasteiger partial charge in [0.1, 0.15) is 5.60 Å². The third kappa shape index (κ3) is 2.41. The summed E-state index contributed by atoms with van der Waals surface area (Å²) < 4.78 is 0. The minimum absolute atomic E-state index is 0.0389. The highest BCUT2D eigenvalue weighted by Gasteiger charge is 2.35. The molecule has 0 saturated carbocycles. The number of carbonyl (C=O) groups is 1. The monoisotopic (exact) mass is 247 g/mol. The van der Waals surface area contributed by atoms with Gasteiger partial charge in [0, 0.05) is 13.5 Å². The average Bonchev–Trinajstić information content (AvgIpc) is 2.32. The fourth-order valence-electron chi connectivity index (χ4n) is 2.57. The van der Waals surface area contributed by atoms with Crippen molar-refractivity contribution in [3.8, 4) is 0 Å². The van der Waals surface area contributed by atoms with Crippen molar-refractivity contribution in [2.24, 2.45) is 0 Å². The lowest BCUT2D eigenvalue weighted by atomic mass is 9.84. The number of carbonyl (C=O) groups excluding carboxylic acids is 1. The molecule has 1 aliphatic heterocycles. The Morgan fingerprint density at radius 2 is 2.06 bits per heavy atom. The number of aryl methyl sites for hydroxylation is 2. The second-order valence-corrected chi connectivity index (χ2v) is 5.37. The van der Waals surface area contributed by atoms with Crippen molar-refractivity contribution in [3.05, 3.63) is 34.9 Å². The SMILES string of the molecule is CC(=O)N1CCCC(O)(c2ccc(C)c(C)c2)C1. The molecule has 1 aliphatic rings. The maximum atomic E-state index is 11.5. The molecular formula is C15H21NO2. The van der Waals surface area contributed by atoms with Gasteiger partial charge in [0.05, 0.1) is 6.54 Å². The quantitative estimate of drug-likeness (QED) is 0.826. The lowest BCUT2D eigenvalue weighted by molar-refractivity contribution is -0.136. The van der Waals surface area contributed by atoms with E-state index in [9.17, 15) is 9.90 Å². The Bertz CT molecular complexity index is 470. The minimum Gasteiger partial charge on any atom is -0.383 e. The first-order valence-electron chi connectivity index (χ1n) is 6.48. The zero-order valence-corrected chi connectivity index (χ0v) is 11.4. The molecule has 0 spiro atoms. The van der Waals surface area contributed by atoms with Crippen LogP contribution < -0.4 is 0 Å². The molecule has 0 aromatic heterocycles. The number of β-amino-alcohol motifs (C(OH)–C–C–N with tert-alkyl or cyclic N) is 1. The number of benzene rings is 1. The van der Waals surface area contributed by atoms with Crippen LogP contribution in [0.25, 0.3) is 0 Å². The van der Waals surface area contributed by atoms with Crippen molar-refractivity contribution in [2.75, 3.05) is 13.1 Å². The van der Waals surface area contributed by atoms with Crippen LogP contribution in [0.15, 0.2) is 18.2 Å². The van der Waals surface area contributed by atoms with Crippen LogP contribution in [0.4, 0.5) is 0 Å². The predicted octanol–water partition coefficient (Wildman–Crippen LogP) is 2.13. The topological polar surface area (TPSA) is 40.5 Å². The predicted molar refractivity (Wildman–Crippen MR) is 71.3 cm³/mol. The molecule has 1 amide bonds. The first-order valence-corrected chi connectivity index (χ1v) is 6.48. The number of likely N-dealkylation sites (tertiary alicyclic amines) is 1. The van der Waals surface area contributed by atoms with Gasteiger partial charge in [0.15, 0.2) is 0 Å². The standard InChI is InChI=1S/C15H21NO2/c1-11-5-6-14(9-12(11)2)15(18)7-4-8-16(10-15)13(3)17/h5-6,9,18H,4,7-8,10H2,1-3H3. The summed E-state index contributed by atoms with van der Waals surface area (Å²) in [4.78, 5) is 13.2. The van der Waals surface area contributed by atoms with Gasteiger partial charge in [-0.15, -0.1) is 0 Å². The number of amides is 1. The normalized spacial score (nSPS) is 24.1. The first-order chi connectivity index (χ1) is 8.42. The van der Waals surface area contributed by atoms with Crippen molar-refractivity contribution in [3.63, 3.8) is 0 Å². The van der Waals surface area contributed by atoms with E-state index in [0.29, 0.717) is 6.54 Å². The van der Waals surface area contributed by atoms with E-state index < -0.39 is 5.60 Å². The number of piperidine rings is 1. The molecule has 1 atom stereocenters. The largest absolute Gasteiger partial charge is 0.383 e. The van der Waals surface area contributed by atoms with Crippen LogP contribution in [0.5, 0.6) is 0 Å². The zero-order valence-electron chi connectivity index (χ0n) is 11.4. The molecule has 0 radical (unpaired) electrons. The Hall–Kier alpha value is -1.35. The van der Waals surface area contributed by atoms with Crippen molar-refractivity contribution in [2.45, 2.75) is 39.2 Å². The highest BCUT2D eigenvalue weighted by molar-refractivity contribution is 5.73. The summed E-state index contributed by atoms with van der Waals surface area (Å²) in [5.74, 6) is 0.0389. The second-order valence-electron chi connectivity index (χ2n) is 5.37. The highest BCUT2D eigenvalue weighted by atomic mass is 16.3. The Labute approximate surface area is 108 Å². The molecule has 1 N–H and O–H groups in total. The Morgan fingerprint density at radius 1 is 1.33 bits per heavy atom. The summed E-state index contributed by atoms with van der Waals surface area (Å²) in [6.07, 6.45) is 1.57. The fourth-order valence-corrected chi connectivity index (χ4v) is 2.57. The van der Waals surface area contributed by atoms with Gasteiger partial charge in [-0.3, -0.25) is 4.79 Å². The van der Waals surface area contributed by atoms with E-state index in [1.807, 2.05) is 25.1 Å². The molecule has 98 valence electrons. The van der Waals surface area contributed by atoms with Gasteiger partial charge in [-0.2, -0.15) is 0 Å². The molecule has 1 heterocycles. The van der Waals surface area contributed by atoms with Crippen LogP contribution in [-0.2, 0) is 10.4 Å². The summed E-state index contributed by atoms with van der Waals surface area (Å²) in [5, 5.41) is 10.8. The molecule has 18 heavy (non-hydrogen) atoms. The van der Waals surface area contributed by atoms with Crippen molar-refractivity contribution in [1.29, 1.82) is 0 Å². The zero-order chi connectivity index (χ0) is 13.3. The lowest BCUT2D eigenvalue weighted by Gasteiger charge is -2.39. The van der Waals surface area contributed by atoms with Gasteiger partial charge in [-0.25, -0.2) is 0 Å². The molecule has 3 nitrogen and oxygen atoms in total. The second kappa shape index (κ2) is 4.73. The molecular weight excluding hydrogens is 226 g/mol. The van der Waals surface area contributed by atoms with Crippen LogP contribution in [0, 0.1) is 13.8 Å². The molecule has 0 bridgehead atoms. The molecule has 1 fully saturated rings. The molecule has 1 unspecified atom stereocenters. The fraction of sp³-hybridized carbons (Fsp3) is 0.533. The third-order valence-corrected chi connectivity index (χ3v) is 3.96. The molecule has 1 aromatic rings. The molecule has 1 aromatic carbocycles. The van der Waals surface area contributed by atoms with Gasteiger partial charge in [-0.1, -0.05) is 18.2 Å². The molecule has 2 rings (SSSR count). The third-order valence-electron chi connectivity index (χ3n) is 3.96. The van der Waals surface area contributed by atoms with Gasteiger partial charge in [-0.05, 0) is 43.4 Å². The van der Waals surface area contributed by atoms with E-state index >= 15 is 0 Å². The summed E-state index contributed by atoms with van der Waals surface area (Å²) in [6.45, 7) is 6.83. The van der Waals surface area contributed by atoms with Crippen molar-refractivity contribution >= 4 is 5.91 Å². The van der Waals surface area contributed by atoms with Crippen molar-refractivity contribution in [1.82, 2.24) is 4.90 Å². The Balaban J connectivity index is 2.29. The lowest BCUT2D eigenvalue weighted by Crippen LogP contribution is -2.47. The number of hydrogen-bond acceptors (Lipinski definition) is 2. The van der Waals surface area contributed by atoms with Gasteiger partial charge in [0.25, 0.3) is 0 Å². The summed E-state index contributed by atoms with van der Waals surface area (Å²) in [5.41, 5.74) is 2.45. The summed E-state index contributed by atoms with van der Waals surface area (Å²) >= 11 is 0. The summed E-state index contributed by atoms with van der Waals surface area (Å²) in [7, 11) is 0. The van der Waals surface area contributed by atoms with Crippen molar-refractivity contribution < 1.29 is 9.90 Å². The van der Waals surface area contributed by atoms with E-state index in [2.05, 4.69) is 6.92 Å². The van der Waals surface area contributed by atoms with E-state index in [0.717, 1.165) is 24.9 Å². The number of rotatable bonds is 1. The first kappa shape index (κ1) is 13.1. The van der Waals surface area contributed by atoms with Gasteiger partial charge in [0.2, 0.25) is 5.91 Å². The number of nitrogens with zero attached hydrogens (tertiary/aromatic N) is 1.